The maximum atomic E-state index is 10.9. The van der Waals surface area contributed by atoms with Crippen molar-refractivity contribution in [3.8, 4) is 11.8 Å². The zero-order valence-corrected chi connectivity index (χ0v) is 8.43. The Morgan fingerprint density at radius 1 is 1.44 bits per heavy atom. The van der Waals surface area contributed by atoms with Crippen LogP contribution in [0, 0.1) is 11.8 Å². The first-order valence-electron chi connectivity index (χ1n) is 4.37. The topological polar surface area (TPSA) is 89.4 Å². The van der Waals surface area contributed by atoms with E-state index in [1.807, 2.05) is 0 Å². The third-order valence-electron chi connectivity index (χ3n) is 1.43. The Labute approximate surface area is 91.3 Å². The van der Waals surface area contributed by atoms with E-state index in [0.29, 0.717) is 5.56 Å². The quantitative estimate of drug-likeness (QED) is 0.561. The normalized spacial score (nSPS) is 8.81. The van der Waals surface area contributed by atoms with Crippen molar-refractivity contribution in [1.82, 2.24) is 9.97 Å². The lowest BCUT2D eigenvalue weighted by Gasteiger charge is -1.92. The molecule has 0 unspecified atom stereocenters. The summed E-state index contributed by atoms with van der Waals surface area (Å²) in [5.41, 5.74) is 0.345. The van der Waals surface area contributed by atoms with Crippen molar-refractivity contribution in [2.24, 2.45) is 0 Å². The van der Waals surface area contributed by atoms with Gasteiger partial charge in [0.15, 0.2) is 0 Å². The van der Waals surface area contributed by atoms with Crippen molar-refractivity contribution in [2.45, 2.75) is 6.92 Å². The van der Waals surface area contributed by atoms with Gasteiger partial charge in [-0.05, 0) is 6.92 Å². The van der Waals surface area contributed by atoms with Crippen LogP contribution in [-0.2, 0) is 9.53 Å². The lowest BCUT2D eigenvalue weighted by atomic mass is 10.3. The van der Waals surface area contributed by atoms with Gasteiger partial charge in [0.25, 0.3) is 0 Å². The van der Waals surface area contributed by atoms with Gasteiger partial charge in [-0.15, -0.1) is 0 Å². The highest BCUT2D eigenvalue weighted by atomic mass is 16.5. The number of hydrogen-bond acceptors (Lipinski definition) is 5. The summed E-state index contributed by atoms with van der Waals surface area (Å²) in [6, 6.07) is 0. The third kappa shape index (κ3) is 3.38. The van der Waals surface area contributed by atoms with E-state index >= 15 is 0 Å². The molecule has 0 spiro atoms. The van der Waals surface area contributed by atoms with Gasteiger partial charge in [0.2, 0.25) is 5.82 Å². The maximum Gasteiger partial charge on any atom is 0.384 e. The molecule has 1 N–H and O–H groups in total. The predicted octanol–water partition coefficient (Wildman–Crippen LogP) is 0.0894. The zero-order valence-electron chi connectivity index (χ0n) is 8.43. The average molecular weight is 220 g/mol. The van der Waals surface area contributed by atoms with Crippen LogP contribution in [0.3, 0.4) is 0 Å². The van der Waals surface area contributed by atoms with Crippen LogP contribution in [0.5, 0.6) is 0 Å². The van der Waals surface area contributed by atoms with Gasteiger partial charge in [-0.25, -0.2) is 19.6 Å². The molecular formula is C10H8N2O4. The Bertz CT molecular complexity index is 456. The third-order valence-corrected chi connectivity index (χ3v) is 1.43. The van der Waals surface area contributed by atoms with E-state index in [0.717, 1.165) is 0 Å². The van der Waals surface area contributed by atoms with Gasteiger partial charge in [-0.3, -0.25) is 0 Å². The Hall–Kier alpha value is -2.42. The van der Waals surface area contributed by atoms with Crippen molar-refractivity contribution in [3.05, 3.63) is 23.8 Å². The Balaban J connectivity index is 2.75. The molecule has 1 rings (SSSR count). The second-order valence-electron chi connectivity index (χ2n) is 2.57. The second kappa shape index (κ2) is 5.46. The van der Waals surface area contributed by atoms with E-state index in [1.165, 1.54) is 12.4 Å². The van der Waals surface area contributed by atoms with Gasteiger partial charge >= 0.3 is 11.9 Å². The summed E-state index contributed by atoms with van der Waals surface area (Å²) in [7, 11) is 0. The number of carboxylic acid groups (broad SMARTS) is 1. The maximum absolute atomic E-state index is 10.9. The number of carboxylic acids is 1. The molecule has 0 aliphatic carbocycles. The lowest BCUT2D eigenvalue weighted by Crippen LogP contribution is -2.03. The van der Waals surface area contributed by atoms with Crippen LogP contribution in [0.1, 0.15) is 23.1 Å². The minimum Gasteiger partial charge on any atom is -0.475 e. The first-order valence-corrected chi connectivity index (χ1v) is 4.37. The Kier molecular flexibility index (Phi) is 3.98. The molecule has 0 aliphatic rings. The molecule has 0 atom stereocenters. The average Bonchev–Trinajstić information content (AvgIpc) is 2.27. The highest BCUT2D eigenvalue weighted by Gasteiger charge is 2.04. The Morgan fingerprint density at radius 3 is 2.56 bits per heavy atom. The van der Waals surface area contributed by atoms with Crippen LogP contribution in [0.25, 0.3) is 0 Å². The zero-order chi connectivity index (χ0) is 12.0. The number of esters is 1. The molecule has 0 fully saturated rings. The molecular weight excluding hydrogens is 212 g/mol. The molecule has 6 heteroatoms. The van der Waals surface area contributed by atoms with Crippen molar-refractivity contribution >= 4 is 11.9 Å². The van der Waals surface area contributed by atoms with E-state index in [2.05, 4.69) is 26.5 Å². The molecule has 0 bridgehead atoms. The fourth-order valence-electron chi connectivity index (χ4n) is 0.793. The minimum absolute atomic E-state index is 0.252. The highest BCUT2D eigenvalue weighted by molar-refractivity contribution is 5.89. The molecule has 6 nitrogen and oxygen atoms in total. The first-order chi connectivity index (χ1) is 7.63. The number of nitrogens with zero attached hydrogens (tertiary/aromatic N) is 2. The van der Waals surface area contributed by atoms with Gasteiger partial charge in [0.1, 0.15) is 0 Å². The molecule has 0 aromatic carbocycles. The molecule has 16 heavy (non-hydrogen) atoms. The first kappa shape index (κ1) is 11.7. The minimum atomic E-state index is -1.22. The molecule has 1 aromatic heterocycles. The second-order valence-corrected chi connectivity index (χ2v) is 2.57. The van der Waals surface area contributed by atoms with Gasteiger partial charge in [0, 0.05) is 18.3 Å². The van der Waals surface area contributed by atoms with E-state index in [9.17, 15) is 9.59 Å². The molecule has 1 heterocycles. The summed E-state index contributed by atoms with van der Waals surface area (Å²) in [5.74, 6) is 2.48. The highest BCUT2D eigenvalue weighted by Crippen LogP contribution is 1.93. The molecule has 0 amide bonds. The van der Waals surface area contributed by atoms with Gasteiger partial charge in [-0.2, -0.15) is 0 Å². The number of rotatable bonds is 2. The van der Waals surface area contributed by atoms with Gasteiger partial charge < -0.3 is 9.84 Å². The Morgan fingerprint density at radius 2 is 2.06 bits per heavy atom. The summed E-state index contributed by atoms with van der Waals surface area (Å²) in [4.78, 5) is 28.4. The monoisotopic (exact) mass is 220 g/mol. The SMILES string of the molecule is CCOC(=O)C#Cc1cnc(C(=O)O)nc1. The number of aromatic carboxylic acids is 1. The van der Waals surface area contributed by atoms with Crippen molar-refractivity contribution in [2.75, 3.05) is 6.61 Å². The number of carbonyl (C=O) groups excluding carboxylic acids is 1. The van der Waals surface area contributed by atoms with E-state index in [-0.39, 0.29) is 12.4 Å². The molecule has 1 aromatic rings. The van der Waals surface area contributed by atoms with Gasteiger partial charge in [0.05, 0.1) is 12.2 Å². The number of ether oxygens (including phenoxy) is 1. The summed E-state index contributed by atoms with van der Waals surface area (Å²) in [6.07, 6.45) is 2.45. The molecule has 82 valence electrons. The largest absolute Gasteiger partial charge is 0.475 e. The fourth-order valence-corrected chi connectivity index (χ4v) is 0.793. The van der Waals surface area contributed by atoms with Crippen LogP contribution in [-0.4, -0.2) is 33.6 Å². The fraction of sp³-hybridized carbons (Fsp3) is 0.200. The molecule has 0 saturated heterocycles. The van der Waals surface area contributed by atoms with Crippen LogP contribution in [0.2, 0.25) is 0 Å². The van der Waals surface area contributed by atoms with Crippen molar-refractivity contribution in [3.63, 3.8) is 0 Å². The summed E-state index contributed by atoms with van der Waals surface area (Å²) >= 11 is 0. The van der Waals surface area contributed by atoms with Crippen LogP contribution < -0.4 is 0 Å². The van der Waals surface area contributed by atoms with Crippen LogP contribution in [0.4, 0.5) is 0 Å². The molecule has 0 saturated carbocycles. The van der Waals surface area contributed by atoms with Crippen molar-refractivity contribution < 1.29 is 19.4 Å². The van der Waals surface area contributed by atoms with Crippen molar-refractivity contribution in [1.29, 1.82) is 0 Å². The number of aromatic nitrogens is 2. The molecule has 0 radical (unpaired) electrons. The van der Waals surface area contributed by atoms with E-state index < -0.39 is 11.9 Å². The predicted molar refractivity (Wildman–Crippen MR) is 52.5 cm³/mol. The van der Waals surface area contributed by atoms with Gasteiger partial charge in [-0.1, -0.05) is 5.92 Å². The van der Waals surface area contributed by atoms with Crippen LogP contribution in [0.15, 0.2) is 12.4 Å². The summed E-state index contributed by atoms with van der Waals surface area (Å²) in [5, 5.41) is 8.53. The van der Waals surface area contributed by atoms with E-state index in [1.54, 1.807) is 6.92 Å². The standard InChI is InChI=1S/C10H8N2O4/c1-2-16-8(13)4-3-7-5-11-9(10(14)15)12-6-7/h5-6H,2H2,1H3,(H,14,15). The number of hydrogen-bond donors (Lipinski definition) is 1. The summed E-state index contributed by atoms with van der Waals surface area (Å²) < 4.78 is 4.58. The van der Waals surface area contributed by atoms with Crippen LogP contribution >= 0.6 is 0 Å². The van der Waals surface area contributed by atoms with E-state index in [4.69, 9.17) is 5.11 Å². The smallest absolute Gasteiger partial charge is 0.384 e. The summed E-state index contributed by atoms with van der Waals surface area (Å²) in [6.45, 7) is 1.92. The lowest BCUT2D eigenvalue weighted by molar-refractivity contribution is -0.136. The molecule has 0 aliphatic heterocycles. The number of carbonyl (C=O) groups is 2.